The molecule has 37 heavy (non-hydrogen) atoms. The number of amides is 2. The molecule has 0 saturated carbocycles. The molecule has 1 aliphatic rings. The van der Waals surface area contributed by atoms with Gasteiger partial charge in [-0.05, 0) is 66.4 Å². The van der Waals surface area contributed by atoms with Crippen LogP contribution in [0.3, 0.4) is 0 Å². The Labute approximate surface area is 218 Å². The monoisotopic (exact) mass is 499 g/mol. The van der Waals surface area contributed by atoms with E-state index in [2.05, 4.69) is 32.0 Å². The molecule has 7 heteroatoms. The molecule has 1 atom stereocenters. The number of rotatable bonds is 9. The Bertz CT molecular complexity index is 1270. The minimum atomic E-state index is -0.248. The molecule has 2 amide bonds. The Hall–Kier alpha value is -3.97. The quantitative estimate of drug-likeness (QED) is 0.425. The summed E-state index contributed by atoms with van der Waals surface area (Å²) in [6, 6.07) is 22.8. The molecule has 0 fully saturated rings. The summed E-state index contributed by atoms with van der Waals surface area (Å²) in [5.41, 5.74) is 5.73. The topological polar surface area (TPSA) is 71.4 Å². The van der Waals surface area contributed by atoms with Gasteiger partial charge in [0.2, 0.25) is 0 Å². The molecule has 0 aliphatic carbocycles. The Balaban J connectivity index is 1.62. The molecule has 0 spiro atoms. The summed E-state index contributed by atoms with van der Waals surface area (Å²) >= 11 is 0. The minimum Gasteiger partial charge on any atom is -0.497 e. The SMILES string of the molecule is COCCN(CC(=O)N1N=C(c2ccc(C)c(C)c2)CC1c1ccccc1)C(=O)c1ccc(OC)cc1. The molecule has 3 aromatic rings. The van der Waals surface area contributed by atoms with Gasteiger partial charge in [0.25, 0.3) is 11.8 Å². The first-order valence-corrected chi connectivity index (χ1v) is 12.4. The highest BCUT2D eigenvalue weighted by Gasteiger charge is 2.34. The van der Waals surface area contributed by atoms with E-state index in [0.29, 0.717) is 24.3 Å². The summed E-state index contributed by atoms with van der Waals surface area (Å²) in [6.07, 6.45) is 0.600. The first-order valence-electron chi connectivity index (χ1n) is 12.4. The molecule has 3 aromatic carbocycles. The van der Waals surface area contributed by atoms with Crippen LogP contribution in [0.5, 0.6) is 5.75 Å². The number of carbonyl (C=O) groups is 2. The fourth-order valence-electron chi connectivity index (χ4n) is 4.38. The Morgan fingerprint density at radius 2 is 1.70 bits per heavy atom. The van der Waals surface area contributed by atoms with Gasteiger partial charge >= 0.3 is 0 Å². The maximum absolute atomic E-state index is 13.7. The summed E-state index contributed by atoms with van der Waals surface area (Å²) in [4.78, 5) is 28.5. The van der Waals surface area contributed by atoms with Crippen molar-refractivity contribution in [1.29, 1.82) is 0 Å². The highest BCUT2D eigenvalue weighted by atomic mass is 16.5. The fourth-order valence-corrected chi connectivity index (χ4v) is 4.38. The number of hydrogen-bond acceptors (Lipinski definition) is 5. The lowest BCUT2D eigenvalue weighted by Crippen LogP contribution is -2.42. The van der Waals surface area contributed by atoms with E-state index in [9.17, 15) is 9.59 Å². The van der Waals surface area contributed by atoms with Crippen LogP contribution in [0.1, 0.15) is 45.1 Å². The standard InChI is InChI=1S/C30H33N3O4/c1-21-10-11-25(18-22(21)2)27-19-28(23-8-6-5-7-9-23)33(31-27)29(34)20-32(16-17-36-3)30(35)24-12-14-26(37-4)15-13-24/h5-15,18,28H,16-17,19-20H2,1-4H3. The number of methoxy groups -OCH3 is 2. The molecule has 1 aliphatic heterocycles. The minimum absolute atomic E-state index is 0.110. The highest BCUT2D eigenvalue weighted by Crippen LogP contribution is 2.33. The number of carbonyl (C=O) groups excluding carboxylic acids is 2. The van der Waals surface area contributed by atoms with Crippen LogP contribution in [-0.4, -0.2) is 61.4 Å². The van der Waals surface area contributed by atoms with Gasteiger partial charge in [0.1, 0.15) is 12.3 Å². The molecule has 0 aromatic heterocycles. The van der Waals surface area contributed by atoms with Gasteiger partial charge in [-0.25, -0.2) is 5.01 Å². The van der Waals surface area contributed by atoms with Crippen LogP contribution in [0.15, 0.2) is 77.9 Å². The Morgan fingerprint density at radius 1 is 0.973 bits per heavy atom. The molecule has 0 saturated heterocycles. The van der Waals surface area contributed by atoms with E-state index in [1.54, 1.807) is 43.5 Å². The van der Waals surface area contributed by atoms with Crippen molar-refractivity contribution < 1.29 is 19.1 Å². The van der Waals surface area contributed by atoms with Crippen LogP contribution in [0.2, 0.25) is 0 Å². The third-order valence-corrected chi connectivity index (χ3v) is 6.71. The normalized spacial score (nSPS) is 14.9. The predicted molar refractivity (Wildman–Crippen MR) is 144 cm³/mol. The summed E-state index contributed by atoms with van der Waals surface area (Å²) in [5.74, 6) is 0.166. The van der Waals surface area contributed by atoms with Gasteiger partial charge in [-0.1, -0.05) is 42.5 Å². The van der Waals surface area contributed by atoms with Crippen LogP contribution in [0, 0.1) is 13.8 Å². The van der Waals surface area contributed by atoms with Crippen molar-refractivity contribution in [2.24, 2.45) is 5.10 Å². The largest absolute Gasteiger partial charge is 0.497 e. The van der Waals surface area contributed by atoms with E-state index >= 15 is 0 Å². The molecule has 4 rings (SSSR count). The van der Waals surface area contributed by atoms with Crippen LogP contribution < -0.4 is 4.74 Å². The first kappa shape index (κ1) is 26.1. The predicted octanol–water partition coefficient (Wildman–Crippen LogP) is 4.78. The van der Waals surface area contributed by atoms with Gasteiger partial charge in [-0.2, -0.15) is 5.10 Å². The number of ether oxygens (including phenoxy) is 2. The summed E-state index contributed by atoms with van der Waals surface area (Å²) in [7, 11) is 3.15. The summed E-state index contributed by atoms with van der Waals surface area (Å²) in [6.45, 7) is 4.64. The third-order valence-electron chi connectivity index (χ3n) is 6.71. The van der Waals surface area contributed by atoms with Crippen molar-refractivity contribution >= 4 is 17.5 Å². The summed E-state index contributed by atoms with van der Waals surface area (Å²) in [5, 5.41) is 6.33. The van der Waals surface area contributed by atoms with E-state index in [1.165, 1.54) is 16.0 Å². The molecular weight excluding hydrogens is 466 g/mol. The number of nitrogens with zero attached hydrogens (tertiary/aromatic N) is 3. The second-order valence-corrected chi connectivity index (χ2v) is 9.16. The zero-order valence-electron chi connectivity index (χ0n) is 21.8. The van der Waals surface area contributed by atoms with Crippen molar-refractivity contribution in [2.75, 3.05) is 33.9 Å². The highest BCUT2D eigenvalue weighted by molar-refractivity contribution is 6.04. The Morgan fingerprint density at radius 3 is 2.35 bits per heavy atom. The molecular formula is C30H33N3O4. The van der Waals surface area contributed by atoms with E-state index < -0.39 is 0 Å². The number of hydrogen-bond donors (Lipinski definition) is 0. The van der Waals surface area contributed by atoms with E-state index in [1.807, 2.05) is 30.3 Å². The van der Waals surface area contributed by atoms with Crippen molar-refractivity contribution in [1.82, 2.24) is 9.91 Å². The lowest BCUT2D eigenvalue weighted by Gasteiger charge is -2.27. The molecule has 0 bridgehead atoms. The second-order valence-electron chi connectivity index (χ2n) is 9.16. The number of hydrazone groups is 1. The Kier molecular flexibility index (Phi) is 8.36. The van der Waals surface area contributed by atoms with E-state index in [0.717, 1.165) is 16.8 Å². The van der Waals surface area contributed by atoms with Crippen LogP contribution >= 0.6 is 0 Å². The molecule has 7 nitrogen and oxygen atoms in total. The van der Waals surface area contributed by atoms with Crippen molar-refractivity contribution in [3.63, 3.8) is 0 Å². The molecule has 0 N–H and O–H groups in total. The molecule has 192 valence electrons. The smallest absolute Gasteiger partial charge is 0.262 e. The third kappa shape index (κ3) is 6.06. The maximum atomic E-state index is 13.7. The number of benzene rings is 3. The molecule has 0 radical (unpaired) electrons. The van der Waals surface area contributed by atoms with Crippen molar-refractivity contribution in [3.05, 3.63) is 101 Å². The zero-order valence-corrected chi connectivity index (χ0v) is 21.8. The van der Waals surface area contributed by atoms with E-state index in [4.69, 9.17) is 14.6 Å². The maximum Gasteiger partial charge on any atom is 0.262 e. The average molecular weight is 500 g/mol. The van der Waals surface area contributed by atoms with E-state index in [-0.39, 0.29) is 30.9 Å². The van der Waals surface area contributed by atoms with Crippen LogP contribution in [0.4, 0.5) is 0 Å². The van der Waals surface area contributed by atoms with Crippen molar-refractivity contribution in [3.8, 4) is 5.75 Å². The summed E-state index contributed by atoms with van der Waals surface area (Å²) < 4.78 is 10.4. The zero-order chi connectivity index (χ0) is 26.4. The van der Waals surface area contributed by atoms with Gasteiger partial charge in [-0.3, -0.25) is 9.59 Å². The molecule has 1 heterocycles. The fraction of sp³-hybridized carbons (Fsp3) is 0.300. The second kappa shape index (κ2) is 11.8. The molecule has 1 unspecified atom stereocenters. The van der Waals surface area contributed by atoms with Gasteiger partial charge in [-0.15, -0.1) is 0 Å². The lowest BCUT2D eigenvalue weighted by atomic mass is 9.96. The van der Waals surface area contributed by atoms with Crippen LogP contribution in [-0.2, 0) is 9.53 Å². The van der Waals surface area contributed by atoms with Gasteiger partial charge in [0.15, 0.2) is 0 Å². The first-order chi connectivity index (χ1) is 17.9. The van der Waals surface area contributed by atoms with Gasteiger partial charge in [0, 0.05) is 25.6 Å². The number of aryl methyl sites for hydroxylation is 2. The van der Waals surface area contributed by atoms with Crippen LogP contribution in [0.25, 0.3) is 0 Å². The van der Waals surface area contributed by atoms with Crippen molar-refractivity contribution in [2.45, 2.75) is 26.3 Å². The van der Waals surface area contributed by atoms with Gasteiger partial charge < -0.3 is 14.4 Å². The van der Waals surface area contributed by atoms with Gasteiger partial charge in [0.05, 0.1) is 25.5 Å². The lowest BCUT2D eigenvalue weighted by molar-refractivity contribution is -0.133. The average Bonchev–Trinajstić information content (AvgIpc) is 3.38.